The van der Waals surface area contributed by atoms with E-state index in [0.29, 0.717) is 21.8 Å². The maximum absolute atomic E-state index is 15.1. The number of halogens is 2. The lowest BCUT2D eigenvalue weighted by atomic mass is 9.90. The molecule has 1 heterocycles. The van der Waals surface area contributed by atoms with Gasteiger partial charge in [0.2, 0.25) is 5.67 Å². The van der Waals surface area contributed by atoms with Gasteiger partial charge in [0.05, 0.1) is 0 Å². The predicted molar refractivity (Wildman–Crippen MR) is 73.0 cm³/mol. The number of hydrogen-bond donors (Lipinski definition) is 1. The highest BCUT2D eigenvalue weighted by molar-refractivity contribution is 6.30. The average Bonchev–Trinajstić information content (AvgIpc) is 2.62. The largest absolute Gasteiger partial charge is 0.323 e. The van der Waals surface area contributed by atoms with Crippen molar-refractivity contribution in [3.63, 3.8) is 0 Å². The van der Waals surface area contributed by atoms with Gasteiger partial charge in [-0.15, -0.1) is 0 Å². The Morgan fingerprint density at radius 2 is 1.95 bits per heavy atom. The van der Waals surface area contributed by atoms with Gasteiger partial charge in [-0.2, -0.15) is 0 Å². The zero-order chi connectivity index (χ0) is 13.5. The van der Waals surface area contributed by atoms with Crippen molar-refractivity contribution < 1.29 is 9.18 Å². The summed E-state index contributed by atoms with van der Waals surface area (Å²) in [5.41, 5.74) is -0.403. The molecule has 0 fully saturated rings. The number of amides is 1. The third-order valence-corrected chi connectivity index (χ3v) is 3.53. The number of fused-ring (bicyclic) bond motifs is 1. The molecule has 1 amide bonds. The van der Waals surface area contributed by atoms with Gasteiger partial charge in [-0.05, 0) is 23.8 Å². The molecule has 1 unspecified atom stereocenters. The molecule has 0 bridgehead atoms. The summed E-state index contributed by atoms with van der Waals surface area (Å²) in [4.78, 5) is 11.9. The molecule has 3 rings (SSSR count). The Hall–Kier alpha value is -1.87. The summed E-state index contributed by atoms with van der Waals surface area (Å²) in [7, 11) is 0. The fourth-order valence-electron chi connectivity index (χ4n) is 2.39. The summed E-state index contributed by atoms with van der Waals surface area (Å²) < 4.78 is 15.1. The Balaban J connectivity index is 2.01. The molecule has 19 heavy (non-hydrogen) atoms. The minimum Gasteiger partial charge on any atom is -0.323 e. The van der Waals surface area contributed by atoms with E-state index in [1.54, 1.807) is 48.5 Å². The molecule has 1 aliphatic rings. The van der Waals surface area contributed by atoms with Crippen LogP contribution in [0.1, 0.15) is 11.1 Å². The lowest BCUT2D eigenvalue weighted by molar-refractivity contribution is -0.126. The van der Waals surface area contributed by atoms with Crippen LogP contribution in [0.2, 0.25) is 5.02 Å². The highest BCUT2D eigenvalue weighted by Gasteiger charge is 2.47. The maximum Gasteiger partial charge on any atom is 0.267 e. The SMILES string of the molecule is O=C1Nc2ccccc2C1(F)Cc1cccc(Cl)c1. The second kappa shape index (κ2) is 4.35. The van der Waals surface area contributed by atoms with Gasteiger partial charge >= 0.3 is 0 Å². The van der Waals surface area contributed by atoms with Crippen LogP contribution in [0, 0.1) is 0 Å². The summed E-state index contributed by atoms with van der Waals surface area (Å²) >= 11 is 5.89. The molecular formula is C15H11ClFNO. The molecule has 96 valence electrons. The van der Waals surface area contributed by atoms with E-state index >= 15 is 4.39 Å². The molecule has 0 saturated heterocycles. The number of anilines is 1. The minimum atomic E-state index is -2.03. The van der Waals surface area contributed by atoms with Crippen LogP contribution in [-0.4, -0.2) is 5.91 Å². The van der Waals surface area contributed by atoms with Crippen molar-refractivity contribution in [2.24, 2.45) is 0 Å². The topological polar surface area (TPSA) is 29.1 Å². The number of hydrogen-bond acceptors (Lipinski definition) is 1. The quantitative estimate of drug-likeness (QED) is 0.890. The Kier molecular flexibility index (Phi) is 2.79. The van der Waals surface area contributed by atoms with Crippen LogP contribution < -0.4 is 5.32 Å². The molecule has 0 saturated carbocycles. The van der Waals surface area contributed by atoms with Crippen LogP contribution in [0.25, 0.3) is 0 Å². The first kappa shape index (κ1) is 12.2. The van der Waals surface area contributed by atoms with Gasteiger partial charge in [0.25, 0.3) is 5.91 Å². The molecule has 1 atom stereocenters. The Morgan fingerprint density at radius 1 is 1.16 bits per heavy atom. The van der Waals surface area contributed by atoms with Gasteiger partial charge in [-0.25, -0.2) is 4.39 Å². The van der Waals surface area contributed by atoms with E-state index in [1.807, 2.05) is 0 Å². The second-order valence-corrected chi connectivity index (χ2v) is 5.04. The fraction of sp³-hybridized carbons (Fsp3) is 0.133. The van der Waals surface area contributed by atoms with Crippen LogP contribution in [0.5, 0.6) is 0 Å². The third kappa shape index (κ3) is 2.00. The molecule has 0 aliphatic carbocycles. The first-order valence-electron chi connectivity index (χ1n) is 5.94. The first-order chi connectivity index (χ1) is 9.09. The summed E-state index contributed by atoms with van der Waals surface area (Å²) in [6.45, 7) is 0. The molecule has 4 heteroatoms. The highest BCUT2D eigenvalue weighted by atomic mass is 35.5. The van der Waals surface area contributed by atoms with Crippen molar-refractivity contribution in [2.45, 2.75) is 12.1 Å². The van der Waals surface area contributed by atoms with Crippen molar-refractivity contribution in [2.75, 3.05) is 5.32 Å². The van der Waals surface area contributed by atoms with Gasteiger partial charge < -0.3 is 5.32 Å². The van der Waals surface area contributed by atoms with Gasteiger partial charge in [-0.1, -0.05) is 41.9 Å². The van der Waals surface area contributed by atoms with Gasteiger partial charge in [0.15, 0.2) is 0 Å². The van der Waals surface area contributed by atoms with Gasteiger partial charge in [0, 0.05) is 22.7 Å². The van der Waals surface area contributed by atoms with Crippen LogP contribution in [0.4, 0.5) is 10.1 Å². The van der Waals surface area contributed by atoms with Crippen LogP contribution in [-0.2, 0) is 16.9 Å². The summed E-state index contributed by atoms with van der Waals surface area (Å²) in [5.74, 6) is -0.617. The van der Waals surface area contributed by atoms with E-state index in [1.165, 1.54) is 0 Å². The molecule has 1 N–H and O–H groups in total. The van der Waals surface area contributed by atoms with E-state index in [4.69, 9.17) is 11.6 Å². The normalized spacial score (nSPS) is 21.1. The van der Waals surface area contributed by atoms with Crippen LogP contribution >= 0.6 is 11.6 Å². The van der Waals surface area contributed by atoms with Crippen molar-refractivity contribution >= 4 is 23.2 Å². The number of alkyl halides is 1. The zero-order valence-corrected chi connectivity index (χ0v) is 10.7. The van der Waals surface area contributed by atoms with Crippen molar-refractivity contribution in [1.29, 1.82) is 0 Å². The summed E-state index contributed by atoms with van der Waals surface area (Å²) in [6.07, 6.45) is -0.0175. The molecule has 2 nitrogen and oxygen atoms in total. The Morgan fingerprint density at radius 3 is 2.74 bits per heavy atom. The average molecular weight is 276 g/mol. The number of benzene rings is 2. The minimum absolute atomic E-state index is 0.0175. The molecule has 0 radical (unpaired) electrons. The summed E-state index contributed by atoms with van der Waals surface area (Å²) in [5, 5.41) is 3.11. The van der Waals surface area contributed by atoms with E-state index in [2.05, 4.69) is 5.32 Å². The van der Waals surface area contributed by atoms with E-state index in [0.717, 1.165) is 0 Å². The first-order valence-corrected chi connectivity index (χ1v) is 6.32. The molecule has 1 aliphatic heterocycles. The van der Waals surface area contributed by atoms with Crippen molar-refractivity contribution in [3.8, 4) is 0 Å². The van der Waals surface area contributed by atoms with E-state index in [9.17, 15) is 4.79 Å². The molecular weight excluding hydrogens is 265 g/mol. The maximum atomic E-state index is 15.1. The van der Waals surface area contributed by atoms with Gasteiger partial charge in [0.1, 0.15) is 0 Å². The number of rotatable bonds is 2. The van der Waals surface area contributed by atoms with Crippen molar-refractivity contribution in [3.05, 3.63) is 64.7 Å². The summed E-state index contributed by atoms with van der Waals surface area (Å²) in [6, 6.07) is 13.7. The van der Waals surface area contributed by atoms with E-state index < -0.39 is 11.6 Å². The molecule has 2 aromatic rings. The molecule has 0 aromatic heterocycles. The Bertz CT molecular complexity index is 658. The lowest BCUT2D eigenvalue weighted by Crippen LogP contribution is -2.31. The van der Waals surface area contributed by atoms with Crippen LogP contribution in [0.15, 0.2) is 48.5 Å². The monoisotopic (exact) mass is 275 g/mol. The number of nitrogens with one attached hydrogen (secondary N) is 1. The Labute approximate surface area is 115 Å². The second-order valence-electron chi connectivity index (χ2n) is 4.61. The number of para-hydroxylation sites is 1. The molecule has 2 aromatic carbocycles. The van der Waals surface area contributed by atoms with Crippen molar-refractivity contribution in [1.82, 2.24) is 0 Å². The highest BCUT2D eigenvalue weighted by Crippen LogP contribution is 2.41. The van der Waals surface area contributed by atoms with Gasteiger partial charge in [-0.3, -0.25) is 4.79 Å². The number of carbonyl (C=O) groups is 1. The number of carbonyl (C=O) groups excluding carboxylic acids is 1. The van der Waals surface area contributed by atoms with E-state index in [-0.39, 0.29) is 6.42 Å². The molecule has 0 spiro atoms. The third-order valence-electron chi connectivity index (χ3n) is 3.30. The zero-order valence-electron chi connectivity index (χ0n) is 9.99. The smallest absolute Gasteiger partial charge is 0.267 e. The standard InChI is InChI=1S/C15H11ClFNO/c16-11-5-3-4-10(8-11)9-15(17)12-6-1-2-7-13(12)18-14(15)19/h1-8H,9H2,(H,18,19). The predicted octanol–water partition coefficient (Wildman–Crippen LogP) is 3.70. The fourth-order valence-corrected chi connectivity index (χ4v) is 2.60. The lowest BCUT2D eigenvalue weighted by Gasteiger charge is -2.18. The van der Waals surface area contributed by atoms with Crippen LogP contribution in [0.3, 0.4) is 0 Å².